The van der Waals surface area contributed by atoms with Crippen LogP contribution >= 0.6 is 11.8 Å². The van der Waals surface area contributed by atoms with E-state index >= 15 is 0 Å². The van der Waals surface area contributed by atoms with Crippen LogP contribution in [0, 0.1) is 0 Å². The predicted molar refractivity (Wildman–Crippen MR) is 84.7 cm³/mol. The van der Waals surface area contributed by atoms with Crippen LogP contribution in [0.5, 0.6) is 0 Å². The van der Waals surface area contributed by atoms with Crippen molar-refractivity contribution in [2.24, 2.45) is 0 Å². The highest BCUT2D eigenvalue weighted by Crippen LogP contribution is 2.27. The first-order valence-corrected chi connectivity index (χ1v) is 9.20. The first-order chi connectivity index (χ1) is 10.1. The average molecular weight is 314 g/mol. The van der Waals surface area contributed by atoms with Gasteiger partial charge in [0.15, 0.2) is 0 Å². The standard InChI is InChI=1S/C15H26N2O3S/c1-21-13-7-5-11(6-8-13)16-15(20)17-9-3-2-4-12(17)10-14(18)19/h11-13H,2-10H2,1H3,(H,16,20)(H,18,19). The van der Waals surface area contributed by atoms with Crippen molar-refractivity contribution in [3.8, 4) is 0 Å². The van der Waals surface area contributed by atoms with Crippen LogP contribution in [0.3, 0.4) is 0 Å². The molecule has 1 saturated heterocycles. The zero-order valence-electron chi connectivity index (χ0n) is 12.7. The Morgan fingerprint density at radius 2 is 1.90 bits per heavy atom. The van der Waals surface area contributed by atoms with Crippen molar-refractivity contribution < 1.29 is 14.7 Å². The second-order valence-electron chi connectivity index (χ2n) is 6.10. The largest absolute Gasteiger partial charge is 0.481 e. The summed E-state index contributed by atoms with van der Waals surface area (Å²) in [4.78, 5) is 25.1. The lowest BCUT2D eigenvalue weighted by atomic mass is 9.95. The number of amides is 2. The monoisotopic (exact) mass is 314 g/mol. The molecule has 2 fully saturated rings. The minimum absolute atomic E-state index is 0.0615. The number of carboxylic acid groups (broad SMARTS) is 1. The van der Waals surface area contributed by atoms with Crippen molar-refractivity contribution in [2.75, 3.05) is 12.8 Å². The van der Waals surface area contributed by atoms with Crippen molar-refractivity contribution in [3.05, 3.63) is 0 Å². The maximum absolute atomic E-state index is 12.4. The number of carbonyl (C=O) groups excluding carboxylic acids is 1. The van der Waals surface area contributed by atoms with Gasteiger partial charge in [0.1, 0.15) is 0 Å². The number of aliphatic carboxylic acids is 1. The third-order valence-electron chi connectivity index (χ3n) is 4.63. The fraction of sp³-hybridized carbons (Fsp3) is 0.867. The number of nitrogens with one attached hydrogen (secondary N) is 1. The summed E-state index contributed by atoms with van der Waals surface area (Å²) < 4.78 is 0. The van der Waals surface area contributed by atoms with E-state index in [1.807, 2.05) is 11.8 Å². The summed E-state index contributed by atoms with van der Waals surface area (Å²) in [5, 5.41) is 12.8. The van der Waals surface area contributed by atoms with Crippen LogP contribution in [0.2, 0.25) is 0 Å². The van der Waals surface area contributed by atoms with Gasteiger partial charge in [0.2, 0.25) is 0 Å². The van der Waals surface area contributed by atoms with Crippen molar-refractivity contribution in [1.29, 1.82) is 0 Å². The van der Waals surface area contributed by atoms with Gasteiger partial charge in [-0.3, -0.25) is 4.79 Å². The molecule has 2 aliphatic rings. The molecule has 0 spiro atoms. The number of likely N-dealkylation sites (tertiary alicyclic amines) is 1. The molecule has 0 aromatic rings. The first kappa shape index (κ1) is 16.5. The number of thioether (sulfide) groups is 1. The second kappa shape index (κ2) is 7.92. The summed E-state index contributed by atoms with van der Waals surface area (Å²) in [6, 6.07) is 0.0562. The van der Waals surface area contributed by atoms with Crippen molar-refractivity contribution in [1.82, 2.24) is 10.2 Å². The predicted octanol–water partition coefficient (Wildman–Crippen LogP) is 2.70. The van der Waals surface area contributed by atoms with Crippen molar-refractivity contribution in [2.45, 2.75) is 68.7 Å². The Morgan fingerprint density at radius 1 is 1.19 bits per heavy atom. The van der Waals surface area contributed by atoms with E-state index in [-0.39, 0.29) is 24.5 Å². The van der Waals surface area contributed by atoms with E-state index in [9.17, 15) is 9.59 Å². The molecule has 1 heterocycles. The zero-order valence-corrected chi connectivity index (χ0v) is 13.5. The highest BCUT2D eigenvalue weighted by Gasteiger charge is 2.30. The van der Waals surface area contributed by atoms with Gasteiger partial charge in [-0.15, -0.1) is 0 Å². The van der Waals surface area contributed by atoms with E-state index in [1.165, 1.54) is 0 Å². The maximum Gasteiger partial charge on any atom is 0.317 e. The number of hydrogen-bond acceptors (Lipinski definition) is 3. The Bertz CT molecular complexity index is 370. The molecule has 6 heteroatoms. The number of carboxylic acids is 1. The molecule has 1 aliphatic heterocycles. The van der Waals surface area contributed by atoms with Crippen LogP contribution in [-0.4, -0.2) is 52.1 Å². The van der Waals surface area contributed by atoms with Gasteiger partial charge >= 0.3 is 12.0 Å². The van der Waals surface area contributed by atoms with E-state index < -0.39 is 5.97 Å². The Kier molecular flexibility index (Phi) is 6.21. The third kappa shape index (κ3) is 4.80. The molecule has 0 aromatic carbocycles. The third-order valence-corrected chi connectivity index (χ3v) is 5.77. The summed E-state index contributed by atoms with van der Waals surface area (Å²) in [5.74, 6) is -0.819. The molecular weight excluding hydrogens is 288 g/mol. The molecule has 1 atom stereocenters. The Balaban J connectivity index is 1.84. The summed E-state index contributed by atoms with van der Waals surface area (Å²) in [5.41, 5.74) is 0. The van der Waals surface area contributed by atoms with Gasteiger partial charge in [-0.05, 0) is 51.2 Å². The molecule has 120 valence electrons. The van der Waals surface area contributed by atoms with Gasteiger partial charge in [-0.1, -0.05) is 0 Å². The molecule has 1 aliphatic carbocycles. The second-order valence-corrected chi connectivity index (χ2v) is 7.24. The van der Waals surface area contributed by atoms with E-state index in [0.717, 1.165) is 50.2 Å². The summed E-state index contributed by atoms with van der Waals surface area (Å²) in [7, 11) is 0. The van der Waals surface area contributed by atoms with E-state index in [0.29, 0.717) is 6.54 Å². The van der Waals surface area contributed by atoms with E-state index in [4.69, 9.17) is 5.11 Å². The van der Waals surface area contributed by atoms with Crippen LogP contribution in [0.25, 0.3) is 0 Å². The first-order valence-electron chi connectivity index (χ1n) is 7.92. The molecule has 1 saturated carbocycles. The minimum atomic E-state index is -0.819. The molecule has 2 N–H and O–H groups in total. The van der Waals surface area contributed by atoms with Crippen LogP contribution in [0.1, 0.15) is 51.4 Å². The highest BCUT2D eigenvalue weighted by atomic mass is 32.2. The van der Waals surface area contributed by atoms with Gasteiger partial charge in [0.05, 0.1) is 6.42 Å². The quantitative estimate of drug-likeness (QED) is 0.837. The van der Waals surface area contributed by atoms with Crippen molar-refractivity contribution >= 4 is 23.8 Å². The molecule has 0 aromatic heterocycles. The smallest absolute Gasteiger partial charge is 0.317 e. The SMILES string of the molecule is CSC1CCC(NC(=O)N2CCCCC2CC(=O)O)CC1. The number of piperidine rings is 1. The molecule has 1 unspecified atom stereocenters. The number of urea groups is 1. The molecular formula is C15H26N2O3S. The van der Waals surface area contributed by atoms with Crippen LogP contribution < -0.4 is 5.32 Å². The molecule has 0 bridgehead atoms. The van der Waals surface area contributed by atoms with E-state index in [2.05, 4.69) is 11.6 Å². The summed E-state index contributed by atoms with van der Waals surface area (Å²) in [6.07, 6.45) is 9.39. The average Bonchev–Trinajstić information content (AvgIpc) is 2.48. The van der Waals surface area contributed by atoms with Gasteiger partial charge in [-0.25, -0.2) is 4.79 Å². The molecule has 2 rings (SSSR count). The Morgan fingerprint density at radius 3 is 2.52 bits per heavy atom. The number of nitrogens with zero attached hydrogens (tertiary/aromatic N) is 1. The molecule has 5 nitrogen and oxygen atoms in total. The fourth-order valence-corrected chi connectivity index (χ4v) is 4.13. The van der Waals surface area contributed by atoms with Crippen molar-refractivity contribution in [3.63, 3.8) is 0 Å². The maximum atomic E-state index is 12.4. The van der Waals surface area contributed by atoms with Crippen LogP contribution in [-0.2, 0) is 4.79 Å². The number of hydrogen-bond donors (Lipinski definition) is 2. The summed E-state index contributed by atoms with van der Waals surface area (Å²) in [6.45, 7) is 0.684. The van der Waals surface area contributed by atoms with Gasteiger partial charge in [0, 0.05) is 23.9 Å². The normalized spacial score (nSPS) is 30.0. The van der Waals surface area contributed by atoms with Crippen LogP contribution in [0.15, 0.2) is 0 Å². The summed E-state index contributed by atoms with van der Waals surface area (Å²) >= 11 is 1.91. The zero-order chi connectivity index (χ0) is 15.2. The lowest BCUT2D eigenvalue weighted by Crippen LogP contribution is -2.52. The number of carbonyl (C=O) groups is 2. The van der Waals surface area contributed by atoms with Gasteiger partial charge in [-0.2, -0.15) is 11.8 Å². The molecule has 0 radical (unpaired) electrons. The molecule has 2 amide bonds. The van der Waals surface area contributed by atoms with Gasteiger partial charge in [0.25, 0.3) is 0 Å². The Labute approximate surface area is 130 Å². The van der Waals surface area contributed by atoms with Crippen LogP contribution in [0.4, 0.5) is 4.79 Å². The number of rotatable bonds is 4. The fourth-order valence-electron chi connectivity index (χ4n) is 3.38. The highest BCUT2D eigenvalue weighted by molar-refractivity contribution is 7.99. The minimum Gasteiger partial charge on any atom is -0.481 e. The topological polar surface area (TPSA) is 69.6 Å². The van der Waals surface area contributed by atoms with Gasteiger partial charge < -0.3 is 15.3 Å². The van der Waals surface area contributed by atoms with E-state index in [1.54, 1.807) is 4.90 Å². The Hall–Kier alpha value is -0.910. The lowest BCUT2D eigenvalue weighted by Gasteiger charge is -2.37. The lowest BCUT2D eigenvalue weighted by molar-refractivity contribution is -0.138. The molecule has 21 heavy (non-hydrogen) atoms.